The Hall–Kier alpha value is -2.09. The monoisotopic (exact) mass is 281 g/mol. The number of nitrogens with one attached hydrogen (secondary N) is 1. The van der Waals surface area contributed by atoms with E-state index in [1.54, 1.807) is 0 Å². The third-order valence-corrected chi connectivity index (χ3v) is 3.87. The van der Waals surface area contributed by atoms with Crippen LogP contribution < -0.4 is 5.32 Å². The van der Waals surface area contributed by atoms with Crippen molar-refractivity contribution in [1.29, 1.82) is 0 Å². The molecule has 0 aliphatic carbocycles. The van der Waals surface area contributed by atoms with Crippen LogP contribution in [-0.2, 0) is 6.42 Å². The first-order valence-electron chi connectivity index (χ1n) is 7.48. The van der Waals surface area contributed by atoms with E-state index in [0.29, 0.717) is 0 Å². The van der Waals surface area contributed by atoms with Crippen molar-refractivity contribution in [2.75, 3.05) is 0 Å². The van der Waals surface area contributed by atoms with E-state index >= 15 is 0 Å². The molecule has 2 rings (SSSR count). The summed E-state index contributed by atoms with van der Waals surface area (Å²) in [6, 6.07) is 14.4. The van der Waals surface area contributed by atoms with Gasteiger partial charge in [-0.1, -0.05) is 48.9 Å². The predicted molar refractivity (Wildman–Crippen MR) is 87.6 cm³/mol. The molecular weight excluding hydrogens is 258 g/mol. The Balaban J connectivity index is 2.12. The standard InChI is InChI=1S/C19H23NO/c1-5-16-8-10-17(11-9-16)15(4)20-19(21)18-12-13(2)6-7-14(18)3/h6-12,15H,5H2,1-4H3,(H,20,21)/t15-/m1/s1. The molecule has 0 saturated heterocycles. The fraction of sp³-hybridized carbons (Fsp3) is 0.316. The van der Waals surface area contributed by atoms with E-state index < -0.39 is 0 Å². The van der Waals surface area contributed by atoms with Gasteiger partial charge in [0.05, 0.1) is 6.04 Å². The molecule has 0 heterocycles. The number of carbonyl (C=O) groups excluding carboxylic acids is 1. The summed E-state index contributed by atoms with van der Waals surface area (Å²) >= 11 is 0. The molecule has 110 valence electrons. The molecule has 2 nitrogen and oxygen atoms in total. The minimum absolute atomic E-state index is 0.00307. The second kappa shape index (κ2) is 6.57. The quantitative estimate of drug-likeness (QED) is 0.886. The van der Waals surface area contributed by atoms with Gasteiger partial charge in [0.25, 0.3) is 5.91 Å². The first-order chi connectivity index (χ1) is 10.0. The maximum Gasteiger partial charge on any atom is 0.252 e. The first-order valence-corrected chi connectivity index (χ1v) is 7.48. The highest BCUT2D eigenvalue weighted by molar-refractivity contribution is 5.96. The predicted octanol–water partition coefficient (Wildman–Crippen LogP) is 4.36. The number of rotatable bonds is 4. The fourth-order valence-electron chi connectivity index (χ4n) is 2.38. The second-order valence-corrected chi connectivity index (χ2v) is 5.61. The van der Waals surface area contributed by atoms with Crippen molar-refractivity contribution in [1.82, 2.24) is 5.32 Å². The average molecular weight is 281 g/mol. The van der Waals surface area contributed by atoms with Gasteiger partial charge in [0.1, 0.15) is 0 Å². The molecule has 0 aliphatic rings. The summed E-state index contributed by atoms with van der Waals surface area (Å²) in [4.78, 5) is 12.4. The summed E-state index contributed by atoms with van der Waals surface area (Å²) in [6.07, 6.45) is 1.03. The Morgan fingerprint density at radius 3 is 2.38 bits per heavy atom. The number of hydrogen-bond acceptors (Lipinski definition) is 1. The van der Waals surface area contributed by atoms with Crippen LogP contribution in [0.5, 0.6) is 0 Å². The summed E-state index contributed by atoms with van der Waals surface area (Å²) in [7, 11) is 0. The molecule has 0 saturated carbocycles. The van der Waals surface area contributed by atoms with Gasteiger partial charge in [-0.05, 0) is 49.9 Å². The minimum atomic E-state index is -0.0109. The van der Waals surface area contributed by atoms with Crippen molar-refractivity contribution in [3.05, 3.63) is 70.3 Å². The topological polar surface area (TPSA) is 29.1 Å². The van der Waals surface area contributed by atoms with Crippen molar-refractivity contribution in [3.63, 3.8) is 0 Å². The normalized spacial score (nSPS) is 12.0. The Morgan fingerprint density at radius 2 is 1.76 bits per heavy atom. The Labute approximate surface area is 127 Å². The van der Waals surface area contributed by atoms with Crippen molar-refractivity contribution < 1.29 is 4.79 Å². The van der Waals surface area contributed by atoms with Gasteiger partial charge in [-0.25, -0.2) is 0 Å². The number of carbonyl (C=O) groups is 1. The fourth-order valence-corrected chi connectivity index (χ4v) is 2.38. The lowest BCUT2D eigenvalue weighted by Crippen LogP contribution is -2.27. The van der Waals surface area contributed by atoms with E-state index in [1.165, 1.54) is 5.56 Å². The van der Waals surface area contributed by atoms with Crippen LogP contribution in [0.1, 0.15) is 52.5 Å². The lowest BCUT2D eigenvalue weighted by Gasteiger charge is -2.16. The molecule has 2 aromatic carbocycles. The summed E-state index contributed by atoms with van der Waals surface area (Å²) < 4.78 is 0. The first kappa shape index (κ1) is 15.3. The molecule has 2 aromatic rings. The van der Waals surface area contributed by atoms with Crippen LogP contribution in [0, 0.1) is 13.8 Å². The molecule has 0 bridgehead atoms. The molecule has 1 amide bonds. The van der Waals surface area contributed by atoms with E-state index in [4.69, 9.17) is 0 Å². The van der Waals surface area contributed by atoms with Gasteiger partial charge in [0.2, 0.25) is 0 Å². The third kappa shape index (κ3) is 3.72. The lowest BCUT2D eigenvalue weighted by atomic mass is 10.0. The Bertz CT molecular complexity index is 629. The molecule has 1 atom stereocenters. The van der Waals surface area contributed by atoms with Gasteiger partial charge >= 0.3 is 0 Å². The van der Waals surface area contributed by atoms with Crippen molar-refractivity contribution in [2.24, 2.45) is 0 Å². The lowest BCUT2D eigenvalue weighted by molar-refractivity contribution is 0.0939. The molecule has 21 heavy (non-hydrogen) atoms. The van der Waals surface area contributed by atoms with E-state index in [2.05, 4.69) is 36.5 Å². The zero-order chi connectivity index (χ0) is 15.4. The maximum absolute atomic E-state index is 12.4. The minimum Gasteiger partial charge on any atom is -0.346 e. The Morgan fingerprint density at radius 1 is 1.10 bits per heavy atom. The van der Waals surface area contributed by atoms with E-state index in [9.17, 15) is 4.79 Å². The molecular formula is C19H23NO. The summed E-state index contributed by atoms with van der Waals surface area (Å²) in [6.45, 7) is 8.13. The molecule has 0 aliphatic heterocycles. The summed E-state index contributed by atoms with van der Waals surface area (Å²) in [5, 5.41) is 3.08. The van der Waals surface area contributed by atoms with Crippen LogP contribution in [0.2, 0.25) is 0 Å². The van der Waals surface area contributed by atoms with Gasteiger partial charge in [-0.15, -0.1) is 0 Å². The van der Waals surface area contributed by atoms with Gasteiger partial charge in [-0.3, -0.25) is 4.79 Å². The van der Waals surface area contributed by atoms with Crippen LogP contribution in [0.4, 0.5) is 0 Å². The zero-order valence-electron chi connectivity index (χ0n) is 13.2. The average Bonchev–Trinajstić information content (AvgIpc) is 2.49. The SMILES string of the molecule is CCc1ccc([C@@H](C)NC(=O)c2cc(C)ccc2C)cc1. The van der Waals surface area contributed by atoms with Gasteiger partial charge in [0.15, 0.2) is 0 Å². The molecule has 0 fully saturated rings. The number of amides is 1. The molecule has 0 radical (unpaired) electrons. The van der Waals surface area contributed by atoms with Gasteiger partial charge < -0.3 is 5.32 Å². The Kier molecular flexibility index (Phi) is 4.79. The van der Waals surface area contributed by atoms with Crippen LogP contribution in [0.3, 0.4) is 0 Å². The second-order valence-electron chi connectivity index (χ2n) is 5.61. The third-order valence-electron chi connectivity index (χ3n) is 3.87. The molecule has 1 N–H and O–H groups in total. The number of benzene rings is 2. The van der Waals surface area contributed by atoms with Crippen LogP contribution >= 0.6 is 0 Å². The number of hydrogen-bond donors (Lipinski definition) is 1. The summed E-state index contributed by atoms with van der Waals surface area (Å²) in [5.41, 5.74) is 5.31. The van der Waals surface area contributed by atoms with Crippen molar-refractivity contribution in [3.8, 4) is 0 Å². The maximum atomic E-state index is 12.4. The van der Waals surface area contributed by atoms with Crippen LogP contribution in [-0.4, -0.2) is 5.91 Å². The van der Waals surface area contributed by atoms with E-state index in [1.807, 2.05) is 39.0 Å². The largest absolute Gasteiger partial charge is 0.346 e. The van der Waals surface area contributed by atoms with E-state index in [0.717, 1.165) is 28.7 Å². The smallest absolute Gasteiger partial charge is 0.252 e. The van der Waals surface area contributed by atoms with Gasteiger partial charge in [0, 0.05) is 5.56 Å². The van der Waals surface area contributed by atoms with Crippen LogP contribution in [0.15, 0.2) is 42.5 Å². The highest BCUT2D eigenvalue weighted by atomic mass is 16.1. The highest BCUT2D eigenvalue weighted by Crippen LogP contribution is 2.16. The zero-order valence-corrected chi connectivity index (χ0v) is 13.2. The molecule has 0 unspecified atom stereocenters. The highest BCUT2D eigenvalue weighted by Gasteiger charge is 2.13. The number of aryl methyl sites for hydroxylation is 3. The molecule has 0 spiro atoms. The van der Waals surface area contributed by atoms with Gasteiger partial charge in [-0.2, -0.15) is 0 Å². The van der Waals surface area contributed by atoms with Crippen molar-refractivity contribution in [2.45, 2.75) is 40.2 Å². The molecule has 0 aromatic heterocycles. The summed E-state index contributed by atoms with van der Waals surface area (Å²) in [5.74, 6) is -0.0109. The molecule has 2 heteroatoms. The van der Waals surface area contributed by atoms with Crippen molar-refractivity contribution >= 4 is 5.91 Å². The van der Waals surface area contributed by atoms with E-state index in [-0.39, 0.29) is 11.9 Å². The van der Waals surface area contributed by atoms with Crippen LogP contribution in [0.25, 0.3) is 0 Å².